The molecular formula is C2H4NO2Y-. The molecule has 0 aliphatic carbocycles. The fraction of sp³-hybridized carbons (Fsp3) is 0.500. The van der Waals surface area contributed by atoms with Crippen LogP contribution in [-0.4, -0.2) is 17.6 Å². The third kappa shape index (κ3) is 8.82. The zero-order valence-electron chi connectivity index (χ0n) is 3.14. The van der Waals surface area contributed by atoms with Crippen LogP contribution in [0.15, 0.2) is 0 Å². The van der Waals surface area contributed by atoms with E-state index < -0.39 is 12.5 Å². The minimum Gasteiger partial charge on any atom is -0.668 e. The monoisotopic (exact) mass is 163 g/mol. The van der Waals surface area contributed by atoms with E-state index in [-0.39, 0.29) is 32.7 Å². The Bertz CT molecular complexity index is 46.8. The summed E-state index contributed by atoms with van der Waals surface area (Å²) < 4.78 is 0. The molecule has 6 heavy (non-hydrogen) atoms. The summed E-state index contributed by atoms with van der Waals surface area (Å²) in [6.45, 7) is -0.528. The molecular weight excluding hydrogens is 159 g/mol. The summed E-state index contributed by atoms with van der Waals surface area (Å²) in [6.07, 6.45) is 0. The SMILES string of the molecule is [NH-]CC(=O)O.[Y]. The molecule has 33 valence electrons. The number of carboxylic acids is 1. The normalized spacial score (nSPS) is 6.17. The largest absolute Gasteiger partial charge is 0.668 e. The Balaban J connectivity index is 0. The van der Waals surface area contributed by atoms with E-state index in [0.29, 0.717) is 0 Å². The van der Waals surface area contributed by atoms with Gasteiger partial charge in [0.15, 0.2) is 0 Å². The standard InChI is InChI=1S/C2H4NO2.Y/c3-1-2(4)5;/h3H,1H2,(H,4,5);/q-1;. The predicted molar refractivity (Wildman–Crippen MR) is 16.8 cm³/mol. The van der Waals surface area contributed by atoms with Gasteiger partial charge in [0.2, 0.25) is 0 Å². The molecule has 0 heterocycles. The van der Waals surface area contributed by atoms with E-state index >= 15 is 0 Å². The Kier molecular flexibility index (Phi) is 8.98. The summed E-state index contributed by atoms with van der Waals surface area (Å²) in [4.78, 5) is 9.18. The van der Waals surface area contributed by atoms with Gasteiger partial charge in [0.25, 0.3) is 5.97 Å². The van der Waals surface area contributed by atoms with Crippen LogP contribution in [0.25, 0.3) is 5.73 Å². The first-order chi connectivity index (χ1) is 2.27. The van der Waals surface area contributed by atoms with Crippen molar-refractivity contribution >= 4 is 5.97 Å². The maximum Gasteiger partial charge on any atom is 0.282 e. The molecule has 4 heteroatoms. The molecule has 0 aliphatic heterocycles. The average molecular weight is 163 g/mol. The summed E-state index contributed by atoms with van der Waals surface area (Å²) in [5.74, 6) is -1.08. The topological polar surface area (TPSA) is 61.1 Å². The minimum atomic E-state index is -1.08. The molecule has 0 fully saturated rings. The average Bonchev–Trinajstić information content (AvgIpc) is 1.38. The van der Waals surface area contributed by atoms with E-state index in [0.717, 1.165) is 0 Å². The first-order valence-electron chi connectivity index (χ1n) is 1.13. The molecule has 0 unspecified atom stereocenters. The fourth-order valence-corrected chi connectivity index (χ4v) is 0. The molecule has 0 rings (SSSR count). The third-order valence-corrected chi connectivity index (χ3v) is 0.151. The second-order valence-corrected chi connectivity index (χ2v) is 0.571. The molecule has 3 nitrogen and oxygen atoms in total. The van der Waals surface area contributed by atoms with Crippen molar-refractivity contribution in [2.24, 2.45) is 0 Å². The molecule has 0 atom stereocenters. The van der Waals surface area contributed by atoms with E-state index in [4.69, 9.17) is 10.8 Å². The summed E-state index contributed by atoms with van der Waals surface area (Å²) in [7, 11) is 0. The molecule has 0 spiro atoms. The number of hydrogen-bond donors (Lipinski definition) is 1. The molecule has 0 aromatic heterocycles. The van der Waals surface area contributed by atoms with E-state index in [1.165, 1.54) is 0 Å². The van der Waals surface area contributed by atoms with E-state index in [9.17, 15) is 4.79 Å². The molecule has 0 bridgehead atoms. The summed E-state index contributed by atoms with van der Waals surface area (Å²) >= 11 is 0. The van der Waals surface area contributed by atoms with E-state index in [1.54, 1.807) is 0 Å². The van der Waals surface area contributed by atoms with Crippen molar-refractivity contribution < 1.29 is 42.6 Å². The van der Waals surface area contributed by atoms with Crippen LogP contribution < -0.4 is 0 Å². The quantitative estimate of drug-likeness (QED) is 0.596. The van der Waals surface area contributed by atoms with Gasteiger partial charge in [0, 0.05) is 32.7 Å². The number of aliphatic carboxylic acids is 1. The van der Waals surface area contributed by atoms with E-state index in [1.807, 2.05) is 0 Å². The Hall–Kier alpha value is 0.534. The molecule has 1 radical (unpaired) electrons. The first kappa shape index (κ1) is 9.73. The van der Waals surface area contributed by atoms with Crippen LogP contribution >= 0.6 is 0 Å². The smallest absolute Gasteiger partial charge is 0.282 e. The molecule has 0 aromatic rings. The van der Waals surface area contributed by atoms with Gasteiger partial charge in [-0.3, -0.25) is 4.79 Å². The number of carbonyl (C=O) groups is 1. The van der Waals surface area contributed by atoms with Crippen molar-refractivity contribution in [1.29, 1.82) is 0 Å². The van der Waals surface area contributed by atoms with Gasteiger partial charge in [-0.2, -0.15) is 0 Å². The van der Waals surface area contributed by atoms with Crippen molar-refractivity contribution in [3.8, 4) is 0 Å². The van der Waals surface area contributed by atoms with Crippen LogP contribution in [0.3, 0.4) is 0 Å². The number of rotatable bonds is 1. The van der Waals surface area contributed by atoms with Crippen LogP contribution in [0, 0.1) is 0 Å². The Morgan fingerprint density at radius 3 is 2.00 bits per heavy atom. The molecule has 0 aliphatic rings. The third-order valence-electron chi connectivity index (χ3n) is 0.151. The van der Waals surface area contributed by atoms with Crippen LogP contribution in [0.4, 0.5) is 0 Å². The minimum absolute atomic E-state index is 0. The van der Waals surface area contributed by atoms with Gasteiger partial charge in [0.05, 0.1) is 0 Å². The zero-order chi connectivity index (χ0) is 4.28. The second-order valence-electron chi connectivity index (χ2n) is 0.571. The van der Waals surface area contributed by atoms with Gasteiger partial charge in [0.1, 0.15) is 0 Å². The summed E-state index contributed by atoms with van der Waals surface area (Å²) in [6, 6.07) is 0. The zero-order valence-corrected chi connectivity index (χ0v) is 5.98. The first-order valence-corrected chi connectivity index (χ1v) is 1.13. The number of nitrogens with one attached hydrogen (secondary N) is 1. The van der Waals surface area contributed by atoms with Gasteiger partial charge < -0.3 is 10.8 Å². The van der Waals surface area contributed by atoms with Gasteiger partial charge in [-0.05, 0) is 0 Å². The van der Waals surface area contributed by atoms with Crippen LogP contribution in [0.1, 0.15) is 0 Å². The Morgan fingerprint density at radius 2 is 2.00 bits per heavy atom. The number of carboxylic acid groups (broad SMARTS) is 1. The fourth-order valence-electron chi connectivity index (χ4n) is 0. The van der Waals surface area contributed by atoms with E-state index in [2.05, 4.69) is 0 Å². The Morgan fingerprint density at radius 1 is 1.83 bits per heavy atom. The maximum atomic E-state index is 9.18. The summed E-state index contributed by atoms with van der Waals surface area (Å²) in [5.41, 5.74) is 6.06. The maximum absolute atomic E-state index is 9.18. The van der Waals surface area contributed by atoms with Crippen LogP contribution in [0.5, 0.6) is 0 Å². The van der Waals surface area contributed by atoms with Gasteiger partial charge in [-0.15, -0.1) is 0 Å². The Labute approximate surface area is 60.8 Å². The molecule has 0 amide bonds. The molecule has 0 saturated carbocycles. The van der Waals surface area contributed by atoms with Gasteiger partial charge >= 0.3 is 0 Å². The second kappa shape index (κ2) is 5.53. The van der Waals surface area contributed by atoms with Crippen molar-refractivity contribution in [1.82, 2.24) is 0 Å². The molecule has 0 saturated heterocycles. The van der Waals surface area contributed by atoms with Crippen molar-refractivity contribution in [3.05, 3.63) is 5.73 Å². The molecule has 2 N–H and O–H groups in total. The van der Waals surface area contributed by atoms with Gasteiger partial charge in [-0.25, -0.2) is 0 Å². The van der Waals surface area contributed by atoms with Crippen molar-refractivity contribution in [3.63, 3.8) is 0 Å². The summed E-state index contributed by atoms with van der Waals surface area (Å²) in [5, 5.41) is 7.53. The molecule has 0 aromatic carbocycles. The van der Waals surface area contributed by atoms with Crippen LogP contribution in [0.2, 0.25) is 0 Å². The predicted octanol–water partition coefficient (Wildman–Crippen LogP) is 0.121. The number of hydrogen-bond acceptors (Lipinski definition) is 1. The van der Waals surface area contributed by atoms with Crippen LogP contribution in [-0.2, 0) is 37.5 Å². The van der Waals surface area contributed by atoms with Crippen molar-refractivity contribution in [2.45, 2.75) is 0 Å². The van der Waals surface area contributed by atoms with Crippen molar-refractivity contribution in [2.75, 3.05) is 6.54 Å². The van der Waals surface area contributed by atoms with Gasteiger partial charge in [-0.1, -0.05) is 6.54 Å².